The molecule has 2 heterocycles. The molecule has 152 valence electrons. The van der Waals surface area contributed by atoms with Crippen molar-refractivity contribution >= 4 is 29.9 Å². The molecule has 2 amide bonds. The van der Waals surface area contributed by atoms with E-state index in [0.717, 1.165) is 6.07 Å². The number of nitrogens with one attached hydrogen (secondary N) is 3. The van der Waals surface area contributed by atoms with E-state index in [2.05, 4.69) is 21.0 Å². The van der Waals surface area contributed by atoms with E-state index < -0.39 is 47.0 Å². The van der Waals surface area contributed by atoms with Gasteiger partial charge in [0, 0.05) is 12.4 Å². The molecular formula is C17H19ClF3N5O2. The quantitative estimate of drug-likeness (QED) is 0.644. The van der Waals surface area contributed by atoms with Crippen molar-refractivity contribution in [1.29, 1.82) is 0 Å². The van der Waals surface area contributed by atoms with Gasteiger partial charge >= 0.3 is 0 Å². The molecule has 1 aliphatic rings. The third-order valence-electron chi connectivity index (χ3n) is 4.52. The summed E-state index contributed by atoms with van der Waals surface area (Å²) in [7, 11) is 0. The maximum Gasteiger partial charge on any atom is 0.248 e. The van der Waals surface area contributed by atoms with Gasteiger partial charge in [-0.1, -0.05) is 0 Å². The standard InChI is InChI=1S/C17H18F3N5O2.ClH/c18-11-2-3-12(15(20)14(11)19)24-13(26)10-22-16(27)17(4-7-21-8-5-17)25-9-1-6-23-25;/h1-3,6,9,21H,4-5,7-8,10H2,(H,22,27)(H,24,26);1H. The lowest BCUT2D eigenvalue weighted by Gasteiger charge is -2.36. The van der Waals surface area contributed by atoms with Crippen LogP contribution < -0.4 is 16.0 Å². The zero-order chi connectivity index (χ0) is 19.4. The summed E-state index contributed by atoms with van der Waals surface area (Å²) in [6, 6.07) is 3.31. The van der Waals surface area contributed by atoms with E-state index in [1.54, 1.807) is 23.1 Å². The number of halogens is 4. The molecule has 1 aromatic heterocycles. The molecule has 0 atom stereocenters. The lowest BCUT2D eigenvalue weighted by Crippen LogP contribution is -2.55. The summed E-state index contributed by atoms with van der Waals surface area (Å²) in [6.45, 7) is 0.771. The zero-order valence-corrected chi connectivity index (χ0v) is 15.5. The van der Waals surface area contributed by atoms with Crippen LogP contribution >= 0.6 is 12.4 Å². The molecule has 3 N–H and O–H groups in total. The molecule has 1 aromatic carbocycles. The molecule has 1 aliphatic heterocycles. The molecule has 0 saturated carbocycles. The summed E-state index contributed by atoms with van der Waals surface area (Å²) in [5.41, 5.74) is -1.43. The summed E-state index contributed by atoms with van der Waals surface area (Å²) in [4.78, 5) is 24.8. The minimum absolute atomic E-state index is 0. The first-order valence-corrected chi connectivity index (χ1v) is 8.36. The van der Waals surface area contributed by atoms with E-state index in [1.165, 1.54) is 0 Å². The van der Waals surface area contributed by atoms with Crippen LogP contribution in [0, 0.1) is 17.5 Å². The Morgan fingerprint density at radius 2 is 1.89 bits per heavy atom. The molecule has 0 spiro atoms. The third kappa shape index (κ3) is 4.28. The van der Waals surface area contributed by atoms with Crippen molar-refractivity contribution in [1.82, 2.24) is 20.4 Å². The Bertz CT molecular complexity index is 842. The monoisotopic (exact) mass is 417 g/mol. The highest BCUT2D eigenvalue weighted by molar-refractivity contribution is 5.95. The second-order valence-electron chi connectivity index (χ2n) is 6.19. The number of piperidine rings is 1. The number of nitrogens with zero attached hydrogens (tertiary/aromatic N) is 2. The van der Waals surface area contributed by atoms with Gasteiger partial charge in [0.25, 0.3) is 0 Å². The van der Waals surface area contributed by atoms with Gasteiger partial charge in [-0.25, -0.2) is 13.2 Å². The van der Waals surface area contributed by atoms with Crippen LogP contribution in [0.25, 0.3) is 0 Å². The smallest absolute Gasteiger partial charge is 0.248 e. The number of benzene rings is 1. The summed E-state index contributed by atoms with van der Waals surface area (Å²) in [6.07, 6.45) is 4.22. The molecule has 7 nitrogen and oxygen atoms in total. The zero-order valence-electron chi connectivity index (χ0n) is 14.7. The third-order valence-corrected chi connectivity index (χ3v) is 4.52. The van der Waals surface area contributed by atoms with Gasteiger partial charge in [0.2, 0.25) is 11.8 Å². The number of anilines is 1. The van der Waals surface area contributed by atoms with Crippen molar-refractivity contribution < 1.29 is 22.8 Å². The van der Waals surface area contributed by atoms with Crippen molar-refractivity contribution in [2.75, 3.05) is 25.0 Å². The number of amides is 2. The SMILES string of the molecule is Cl.O=C(CNC(=O)C1(n2cccn2)CCNCC1)Nc1ccc(F)c(F)c1F. The first-order valence-electron chi connectivity index (χ1n) is 8.36. The lowest BCUT2D eigenvalue weighted by atomic mass is 9.87. The number of rotatable bonds is 5. The number of carbonyl (C=O) groups is 2. The van der Waals surface area contributed by atoms with Gasteiger partial charge in [0.1, 0.15) is 5.54 Å². The van der Waals surface area contributed by atoms with E-state index in [0.29, 0.717) is 32.0 Å². The first kappa shape index (κ1) is 21.7. The van der Waals surface area contributed by atoms with Crippen molar-refractivity contribution in [3.8, 4) is 0 Å². The van der Waals surface area contributed by atoms with Crippen molar-refractivity contribution in [3.05, 3.63) is 48.0 Å². The second-order valence-corrected chi connectivity index (χ2v) is 6.19. The Labute approximate surface area is 165 Å². The number of hydrogen-bond donors (Lipinski definition) is 3. The molecule has 1 fully saturated rings. The van der Waals surface area contributed by atoms with Gasteiger partial charge in [-0.05, 0) is 44.1 Å². The molecular weight excluding hydrogens is 399 g/mol. The molecule has 2 aromatic rings. The fourth-order valence-electron chi connectivity index (χ4n) is 3.06. The minimum atomic E-state index is -1.68. The maximum absolute atomic E-state index is 13.6. The molecule has 28 heavy (non-hydrogen) atoms. The summed E-state index contributed by atoms with van der Waals surface area (Å²) in [5, 5.41) is 12.0. The Hall–Kier alpha value is -2.59. The number of hydrogen-bond acceptors (Lipinski definition) is 4. The van der Waals surface area contributed by atoms with Crippen LogP contribution in [0.4, 0.5) is 18.9 Å². The van der Waals surface area contributed by atoms with Gasteiger partial charge in [-0.3, -0.25) is 14.3 Å². The van der Waals surface area contributed by atoms with Crippen LogP contribution in [0.1, 0.15) is 12.8 Å². The van der Waals surface area contributed by atoms with Crippen molar-refractivity contribution in [2.24, 2.45) is 0 Å². The van der Waals surface area contributed by atoms with Crippen LogP contribution in [-0.2, 0) is 15.1 Å². The van der Waals surface area contributed by atoms with Crippen LogP contribution in [0.15, 0.2) is 30.6 Å². The first-order chi connectivity index (χ1) is 12.9. The summed E-state index contributed by atoms with van der Waals surface area (Å²) in [5.74, 6) is -5.69. The highest BCUT2D eigenvalue weighted by atomic mass is 35.5. The summed E-state index contributed by atoms with van der Waals surface area (Å²) >= 11 is 0. The van der Waals surface area contributed by atoms with Crippen LogP contribution in [-0.4, -0.2) is 41.2 Å². The Balaban J connectivity index is 0.00000280. The number of carbonyl (C=O) groups excluding carboxylic acids is 2. The van der Waals surface area contributed by atoms with E-state index in [9.17, 15) is 22.8 Å². The maximum atomic E-state index is 13.6. The average Bonchev–Trinajstić information content (AvgIpc) is 3.22. The van der Waals surface area contributed by atoms with Crippen molar-refractivity contribution in [2.45, 2.75) is 18.4 Å². The van der Waals surface area contributed by atoms with Gasteiger partial charge in [-0.2, -0.15) is 5.10 Å². The normalized spacial score (nSPS) is 15.4. The van der Waals surface area contributed by atoms with Crippen LogP contribution in [0.3, 0.4) is 0 Å². The molecule has 0 bridgehead atoms. The van der Waals surface area contributed by atoms with E-state index >= 15 is 0 Å². The van der Waals surface area contributed by atoms with Gasteiger partial charge in [0.05, 0.1) is 12.2 Å². The highest BCUT2D eigenvalue weighted by Gasteiger charge is 2.42. The van der Waals surface area contributed by atoms with Crippen LogP contribution in [0.2, 0.25) is 0 Å². The lowest BCUT2D eigenvalue weighted by molar-refractivity contribution is -0.133. The van der Waals surface area contributed by atoms with Crippen molar-refractivity contribution in [3.63, 3.8) is 0 Å². The molecule has 3 rings (SSSR count). The average molecular weight is 418 g/mol. The van der Waals surface area contributed by atoms with Gasteiger partial charge in [-0.15, -0.1) is 12.4 Å². The molecule has 0 unspecified atom stereocenters. The molecule has 1 saturated heterocycles. The van der Waals surface area contributed by atoms with E-state index in [1.807, 2.05) is 0 Å². The van der Waals surface area contributed by atoms with Gasteiger partial charge < -0.3 is 16.0 Å². The molecule has 0 aliphatic carbocycles. The fraction of sp³-hybridized carbons (Fsp3) is 0.353. The molecule has 0 radical (unpaired) electrons. The van der Waals surface area contributed by atoms with Crippen LogP contribution in [0.5, 0.6) is 0 Å². The molecule has 11 heteroatoms. The largest absolute Gasteiger partial charge is 0.345 e. The predicted octanol–water partition coefficient (Wildman–Crippen LogP) is 1.56. The Morgan fingerprint density at radius 1 is 1.18 bits per heavy atom. The Kier molecular flexibility index (Phi) is 7.03. The highest BCUT2D eigenvalue weighted by Crippen LogP contribution is 2.27. The fourth-order valence-corrected chi connectivity index (χ4v) is 3.06. The minimum Gasteiger partial charge on any atom is -0.345 e. The van der Waals surface area contributed by atoms with E-state index in [4.69, 9.17) is 0 Å². The van der Waals surface area contributed by atoms with E-state index in [-0.39, 0.29) is 12.4 Å². The summed E-state index contributed by atoms with van der Waals surface area (Å²) < 4.78 is 41.3. The Morgan fingerprint density at radius 3 is 2.54 bits per heavy atom. The predicted molar refractivity (Wildman–Crippen MR) is 97.5 cm³/mol. The number of aromatic nitrogens is 2. The second kappa shape index (κ2) is 9.07. The van der Waals surface area contributed by atoms with Gasteiger partial charge in [0.15, 0.2) is 17.5 Å². The topological polar surface area (TPSA) is 88.0 Å².